The Morgan fingerprint density at radius 3 is 2.75 bits per heavy atom. The Kier molecular flexibility index (Phi) is 1.59. The molecule has 0 atom stereocenters. The van der Waals surface area contributed by atoms with E-state index in [4.69, 9.17) is 8.83 Å². The molecule has 0 bridgehead atoms. The number of hydrogen-bond acceptors (Lipinski definition) is 2. The molecule has 2 nitrogen and oxygen atoms in total. The lowest BCUT2D eigenvalue weighted by Crippen LogP contribution is -1.70. The lowest BCUT2D eigenvalue weighted by molar-refractivity contribution is 0.524. The third-order valence-electron chi connectivity index (χ3n) is 1.66. The molecule has 0 aromatic carbocycles. The smallest absolute Gasteiger partial charge is 0.176 e. The van der Waals surface area contributed by atoms with Crippen LogP contribution < -0.4 is 0 Å². The summed E-state index contributed by atoms with van der Waals surface area (Å²) in [4.78, 5) is 0. The topological polar surface area (TPSA) is 26.3 Å². The maximum Gasteiger partial charge on any atom is 0.176 e. The van der Waals surface area contributed by atoms with Gasteiger partial charge in [-0.15, -0.1) is 0 Å². The van der Waals surface area contributed by atoms with Crippen molar-refractivity contribution < 1.29 is 8.83 Å². The van der Waals surface area contributed by atoms with E-state index in [9.17, 15) is 0 Å². The fourth-order valence-electron chi connectivity index (χ4n) is 1.09. The molecule has 2 heterocycles. The molecule has 0 fully saturated rings. The van der Waals surface area contributed by atoms with Gasteiger partial charge in [0.2, 0.25) is 0 Å². The molecule has 2 heteroatoms. The highest BCUT2D eigenvalue weighted by molar-refractivity contribution is 5.66. The quantitative estimate of drug-likeness (QED) is 0.674. The average molecular weight is 160 g/mol. The summed E-state index contributed by atoms with van der Waals surface area (Å²) in [5.41, 5.74) is 0.949. The predicted molar refractivity (Wildman–Crippen MR) is 46.5 cm³/mol. The van der Waals surface area contributed by atoms with Crippen LogP contribution in [0.25, 0.3) is 17.6 Å². The molecule has 0 radical (unpaired) electrons. The minimum Gasteiger partial charge on any atom is -0.461 e. The molecule has 0 aliphatic carbocycles. The highest BCUT2D eigenvalue weighted by Crippen LogP contribution is 2.25. The third kappa shape index (κ3) is 0.975. The van der Waals surface area contributed by atoms with Gasteiger partial charge in [-0.1, -0.05) is 12.7 Å². The van der Waals surface area contributed by atoms with Gasteiger partial charge in [0.05, 0.1) is 12.5 Å². The highest BCUT2D eigenvalue weighted by Gasteiger charge is 2.07. The lowest BCUT2D eigenvalue weighted by Gasteiger charge is -1.91. The average Bonchev–Trinajstić information content (AvgIpc) is 2.74. The van der Waals surface area contributed by atoms with E-state index < -0.39 is 0 Å². The second-order valence-electron chi connectivity index (χ2n) is 2.39. The maximum atomic E-state index is 5.23. The van der Waals surface area contributed by atoms with Crippen LogP contribution in [0.5, 0.6) is 0 Å². The maximum absolute atomic E-state index is 5.23. The molecule has 0 saturated heterocycles. The molecule has 0 unspecified atom stereocenters. The van der Waals surface area contributed by atoms with Crippen LogP contribution in [-0.2, 0) is 0 Å². The second-order valence-corrected chi connectivity index (χ2v) is 2.39. The van der Waals surface area contributed by atoms with Crippen molar-refractivity contribution >= 4 is 6.08 Å². The highest BCUT2D eigenvalue weighted by atomic mass is 16.4. The van der Waals surface area contributed by atoms with E-state index >= 15 is 0 Å². The van der Waals surface area contributed by atoms with Gasteiger partial charge in [0.15, 0.2) is 11.5 Å². The first-order valence-corrected chi connectivity index (χ1v) is 3.65. The Hall–Kier alpha value is -1.70. The van der Waals surface area contributed by atoms with Gasteiger partial charge in [0.25, 0.3) is 0 Å². The van der Waals surface area contributed by atoms with Crippen molar-refractivity contribution in [1.82, 2.24) is 0 Å². The Balaban J connectivity index is 2.53. The van der Waals surface area contributed by atoms with Gasteiger partial charge in [0.1, 0.15) is 0 Å². The molecule has 0 aliphatic heterocycles. The van der Waals surface area contributed by atoms with E-state index in [1.165, 1.54) is 0 Å². The standard InChI is InChI=1S/C10H8O2/c1-2-8-5-7-12-10(8)9-4-3-6-11-9/h2-7H,1H2. The summed E-state index contributed by atoms with van der Waals surface area (Å²) in [7, 11) is 0. The van der Waals surface area contributed by atoms with Crippen LogP contribution in [0.2, 0.25) is 0 Å². The van der Waals surface area contributed by atoms with E-state index in [-0.39, 0.29) is 0 Å². The molecule has 0 saturated carbocycles. The molecule has 12 heavy (non-hydrogen) atoms. The van der Waals surface area contributed by atoms with Gasteiger partial charge < -0.3 is 8.83 Å². The van der Waals surface area contributed by atoms with Gasteiger partial charge in [-0.25, -0.2) is 0 Å². The molecule has 2 aromatic rings. The summed E-state index contributed by atoms with van der Waals surface area (Å²) >= 11 is 0. The minimum atomic E-state index is 0.731. The van der Waals surface area contributed by atoms with E-state index in [0.717, 1.165) is 17.1 Å². The van der Waals surface area contributed by atoms with Gasteiger partial charge >= 0.3 is 0 Å². The Labute approximate surface area is 70.1 Å². The second kappa shape index (κ2) is 2.74. The molecule has 2 aromatic heterocycles. The van der Waals surface area contributed by atoms with Crippen molar-refractivity contribution in [2.24, 2.45) is 0 Å². The summed E-state index contributed by atoms with van der Waals surface area (Å²) in [6.45, 7) is 3.67. The monoisotopic (exact) mass is 160 g/mol. The van der Waals surface area contributed by atoms with Crippen LogP contribution in [0.1, 0.15) is 5.56 Å². The van der Waals surface area contributed by atoms with Crippen molar-refractivity contribution in [3.05, 3.63) is 42.9 Å². The summed E-state index contributed by atoms with van der Waals surface area (Å²) in [6, 6.07) is 5.53. The van der Waals surface area contributed by atoms with Crippen LogP contribution in [-0.4, -0.2) is 0 Å². The van der Waals surface area contributed by atoms with Crippen molar-refractivity contribution in [2.75, 3.05) is 0 Å². The minimum absolute atomic E-state index is 0.731. The van der Waals surface area contributed by atoms with Gasteiger partial charge in [-0.05, 0) is 18.2 Å². The zero-order valence-electron chi connectivity index (χ0n) is 6.49. The van der Waals surface area contributed by atoms with E-state index in [2.05, 4.69) is 6.58 Å². The van der Waals surface area contributed by atoms with Gasteiger partial charge in [-0.2, -0.15) is 0 Å². The van der Waals surface area contributed by atoms with E-state index in [0.29, 0.717) is 0 Å². The molecule has 0 N–H and O–H groups in total. The predicted octanol–water partition coefficient (Wildman–Crippen LogP) is 3.18. The van der Waals surface area contributed by atoms with Crippen LogP contribution in [0.4, 0.5) is 0 Å². The fourth-order valence-corrected chi connectivity index (χ4v) is 1.09. The molecular formula is C10H8O2. The van der Waals surface area contributed by atoms with E-state index in [1.807, 2.05) is 18.2 Å². The van der Waals surface area contributed by atoms with Crippen molar-refractivity contribution in [3.8, 4) is 11.5 Å². The van der Waals surface area contributed by atoms with Crippen LogP contribution in [0.3, 0.4) is 0 Å². The number of furan rings is 2. The normalized spacial score (nSPS) is 10.0. The first kappa shape index (κ1) is 6.98. The van der Waals surface area contributed by atoms with Gasteiger partial charge in [-0.3, -0.25) is 0 Å². The Morgan fingerprint density at radius 2 is 2.08 bits per heavy atom. The molecule has 2 rings (SSSR count). The summed E-state index contributed by atoms with van der Waals surface area (Å²) in [5, 5.41) is 0. The summed E-state index contributed by atoms with van der Waals surface area (Å²) in [5.74, 6) is 1.46. The van der Waals surface area contributed by atoms with Crippen molar-refractivity contribution in [1.29, 1.82) is 0 Å². The molecule has 60 valence electrons. The Bertz CT molecular complexity index is 368. The largest absolute Gasteiger partial charge is 0.461 e. The Morgan fingerprint density at radius 1 is 1.17 bits per heavy atom. The molecule has 0 aliphatic rings. The zero-order chi connectivity index (χ0) is 8.39. The van der Waals surface area contributed by atoms with Crippen LogP contribution in [0, 0.1) is 0 Å². The molecular weight excluding hydrogens is 152 g/mol. The lowest BCUT2D eigenvalue weighted by atomic mass is 10.2. The first-order chi connectivity index (χ1) is 5.92. The molecule has 0 amide bonds. The van der Waals surface area contributed by atoms with E-state index in [1.54, 1.807) is 18.6 Å². The number of hydrogen-bond donors (Lipinski definition) is 0. The zero-order valence-corrected chi connectivity index (χ0v) is 6.49. The fraction of sp³-hybridized carbons (Fsp3) is 0. The third-order valence-corrected chi connectivity index (χ3v) is 1.66. The van der Waals surface area contributed by atoms with Crippen LogP contribution in [0.15, 0.2) is 46.1 Å². The van der Waals surface area contributed by atoms with Crippen LogP contribution >= 0.6 is 0 Å². The van der Waals surface area contributed by atoms with Crippen molar-refractivity contribution in [3.63, 3.8) is 0 Å². The summed E-state index contributed by atoms with van der Waals surface area (Å²) < 4.78 is 10.4. The summed E-state index contributed by atoms with van der Waals surface area (Å²) in [6.07, 6.45) is 4.97. The first-order valence-electron chi connectivity index (χ1n) is 3.65. The van der Waals surface area contributed by atoms with Gasteiger partial charge in [0, 0.05) is 5.56 Å². The van der Waals surface area contributed by atoms with Crippen molar-refractivity contribution in [2.45, 2.75) is 0 Å². The SMILES string of the molecule is C=Cc1ccoc1-c1ccco1. The number of rotatable bonds is 2. The molecule has 0 spiro atoms.